The first-order valence-electron chi connectivity index (χ1n) is 9.70. The predicted octanol–water partition coefficient (Wildman–Crippen LogP) is 1.95. The summed E-state index contributed by atoms with van der Waals surface area (Å²) in [6.07, 6.45) is 0.161. The molecule has 2 aliphatic rings. The molecule has 0 saturated carbocycles. The Morgan fingerprint density at radius 3 is 2.55 bits per heavy atom. The van der Waals surface area contributed by atoms with Crippen LogP contribution in [-0.2, 0) is 14.8 Å². The molecule has 0 N–H and O–H groups in total. The van der Waals surface area contributed by atoms with Crippen molar-refractivity contribution in [3.63, 3.8) is 0 Å². The van der Waals surface area contributed by atoms with E-state index in [1.54, 1.807) is 29.2 Å². The van der Waals surface area contributed by atoms with Gasteiger partial charge in [-0.15, -0.1) is 10.2 Å². The van der Waals surface area contributed by atoms with Crippen molar-refractivity contribution in [1.29, 1.82) is 0 Å². The molecule has 1 aromatic carbocycles. The number of benzene rings is 1. The molecule has 4 rings (SSSR count). The second kappa shape index (κ2) is 7.75. The number of aromatic nitrogens is 2. The molecule has 0 radical (unpaired) electrons. The van der Waals surface area contributed by atoms with Crippen LogP contribution in [0.1, 0.15) is 54.4 Å². The molecule has 0 bridgehead atoms. The van der Waals surface area contributed by atoms with Gasteiger partial charge in [-0.2, -0.15) is 0 Å². The third-order valence-corrected chi connectivity index (χ3v) is 6.95. The zero-order valence-electron chi connectivity index (χ0n) is 16.4. The van der Waals surface area contributed by atoms with Gasteiger partial charge in [0.2, 0.25) is 21.8 Å². The maximum Gasteiger partial charge on any atom is 0.254 e. The van der Waals surface area contributed by atoms with Gasteiger partial charge in [0.1, 0.15) is 0 Å². The molecule has 9 nitrogen and oxygen atoms in total. The summed E-state index contributed by atoms with van der Waals surface area (Å²) in [6.45, 7) is 5.56. The number of anilines is 1. The minimum Gasteiger partial charge on any atom is -0.422 e. The first kappa shape index (κ1) is 19.8. The maximum absolute atomic E-state index is 12.9. The standard InChI is InChI=1S/C19H24N4O5S/c1-13(2)17-20-21-18(28-17)16-12-22(9-10-27-16)19(24)14-4-6-15(7-5-14)23-8-3-11-29(23,25)26/h4-7,13,16H,3,8-12H2,1-2H3. The van der Waals surface area contributed by atoms with Crippen molar-refractivity contribution in [2.24, 2.45) is 0 Å². The number of sulfonamides is 1. The highest BCUT2D eigenvalue weighted by molar-refractivity contribution is 7.93. The van der Waals surface area contributed by atoms with Crippen molar-refractivity contribution in [2.75, 3.05) is 36.3 Å². The van der Waals surface area contributed by atoms with Crippen LogP contribution in [0.5, 0.6) is 0 Å². The normalized spacial score (nSPS) is 21.7. The minimum absolute atomic E-state index is 0.121. The van der Waals surface area contributed by atoms with Crippen molar-refractivity contribution >= 4 is 21.6 Å². The Morgan fingerprint density at radius 2 is 1.93 bits per heavy atom. The van der Waals surface area contributed by atoms with E-state index in [9.17, 15) is 13.2 Å². The third-order valence-electron chi connectivity index (χ3n) is 5.08. The van der Waals surface area contributed by atoms with Crippen molar-refractivity contribution in [1.82, 2.24) is 15.1 Å². The molecular formula is C19H24N4O5S. The molecule has 1 unspecified atom stereocenters. The van der Waals surface area contributed by atoms with Gasteiger partial charge in [-0.1, -0.05) is 13.8 Å². The van der Waals surface area contributed by atoms with Crippen LogP contribution in [0.3, 0.4) is 0 Å². The minimum atomic E-state index is -3.24. The van der Waals surface area contributed by atoms with Gasteiger partial charge in [0, 0.05) is 24.6 Å². The van der Waals surface area contributed by atoms with E-state index in [1.807, 2.05) is 13.8 Å². The van der Waals surface area contributed by atoms with Gasteiger partial charge in [-0.3, -0.25) is 9.10 Å². The lowest BCUT2D eigenvalue weighted by Gasteiger charge is -2.31. The first-order chi connectivity index (χ1) is 13.8. The van der Waals surface area contributed by atoms with Crippen LogP contribution in [0.4, 0.5) is 5.69 Å². The lowest BCUT2D eigenvalue weighted by Crippen LogP contribution is -2.42. The molecule has 1 atom stereocenters. The van der Waals surface area contributed by atoms with Crippen molar-refractivity contribution in [2.45, 2.75) is 32.3 Å². The van der Waals surface area contributed by atoms with Gasteiger partial charge >= 0.3 is 0 Å². The maximum atomic E-state index is 12.9. The third kappa shape index (κ3) is 3.99. The SMILES string of the molecule is CC(C)c1nnc(C2CN(C(=O)c3ccc(N4CCCS4(=O)=O)cc3)CCO2)o1. The van der Waals surface area contributed by atoms with Gasteiger partial charge in [0.15, 0.2) is 6.10 Å². The van der Waals surface area contributed by atoms with Crippen LogP contribution >= 0.6 is 0 Å². The number of hydrogen-bond acceptors (Lipinski definition) is 7. The highest BCUT2D eigenvalue weighted by Gasteiger charge is 2.31. The van der Waals surface area contributed by atoms with Gasteiger partial charge < -0.3 is 14.1 Å². The van der Waals surface area contributed by atoms with Crippen LogP contribution in [0.25, 0.3) is 0 Å². The number of carbonyl (C=O) groups is 1. The summed E-state index contributed by atoms with van der Waals surface area (Å²) in [5.41, 5.74) is 1.09. The zero-order chi connectivity index (χ0) is 20.6. The number of rotatable bonds is 4. The molecule has 0 spiro atoms. The number of carbonyl (C=O) groups excluding carboxylic acids is 1. The number of amides is 1. The quantitative estimate of drug-likeness (QED) is 0.744. The molecule has 0 aliphatic carbocycles. The smallest absolute Gasteiger partial charge is 0.254 e. The van der Waals surface area contributed by atoms with Gasteiger partial charge in [-0.25, -0.2) is 8.42 Å². The van der Waals surface area contributed by atoms with E-state index in [0.29, 0.717) is 55.7 Å². The van der Waals surface area contributed by atoms with E-state index >= 15 is 0 Å². The van der Waals surface area contributed by atoms with Crippen LogP contribution in [0, 0.1) is 0 Å². The molecular weight excluding hydrogens is 396 g/mol. The Morgan fingerprint density at radius 1 is 1.17 bits per heavy atom. The lowest BCUT2D eigenvalue weighted by molar-refractivity contribution is -0.0351. The van der Waals surface area contributed by atoms with E-state index < -0.39 is 16.1 Å². The molecule has 10 heteroatoms. The van der Waals surface area contributed by atoms with E-state index in [1.165, 1.54) is 4.31 Å². The van der Waals surface area contributed by atoms with E-state index in [4.69, 9.17) is 9.15 Å². The van der Waals surface area contributed by atoms with Crippen LogP contribution in [0.2, 0.25) is 0 Å². The highest BCUT2D eigenvalue weighted by Crippen LogP contribution is 2.26. The molecule has 2 aromatic rings. The van der Waals surface area contributed by atoms with E-state index in [-0.39, 0.29) is 17.6 Å². The van der Waals surface area contributed by atoms with Gasteiger partial charge in [-0.05, 0) is 30.7 Å². The van der Waals surface area contributed by atoms with Crippen molar-refractivity contribution in [3.8, 4) is 0 Å². The lowest BCUT2D eigenvalue weighted by atomic mass is 10.1. The van der Waals surface area contributed by atoms with Crippen LogP contribution in [0.15, 0.2) is 28.7 Å². The van der Waals surface area contributed by atoms with E-state index in [2.05, 4.69) is 10.2 Å². The Labute approximate surface area is 169 Å². The number of nitrogens with zero attached hydrogens (tertiary/aromatic N) is 4. The summed E-state index contributed by atoms with van der Waals surface area (Å²) in [5, 5.41) is 8.08. The molecule has 156 valence electrons. The highest BCUT2D eigenvalue weighted by atomic mass is 32.2. The Hall–Kier alpha value is -2.46. The van der Waals surface area contributed by atoms with E-state index in [0.717, 1.165) is 0 Å². The summed E-state index contributed by atoms with van der Waals surface area (Å²) in [7, 11) is -3.24. The molecule has 1 aromatic heterocycles. The fourth-order valence-corrected chi connectivity index (χ4v) is 5.04. The Kier molecular flexibility index (Phi) is 5.30. The Bertz CT molecular complexity index is 986. The van der Waals surface area contributed by atoms with Gasteiger partial charge in [0.05, 0.1) is 24.6 Å². The summed E-state index contributed by atoms with van der Waals surface area (Å²) in [5.74, 6) is 1.06. The predicted molar refractivity (Wildman–Crippen MR) is 105 cm³/mol. The number of hydrogen-bond donors (Lipinski definition) is 0. The first-order valence-corrected chi connectivity index (χ1v) is 11.3. The molecule has 2 fully saturated rings. The summed E-state index contributed by atoms with van der Waals surface area (Å²) in [4.78, 5) is 14.6. The fourth-order valence-electron chi connectivity index (χ4n) is 3.48. The second-order valence-corrected chi connectivity index (χ2v) is 9.55. The summed E-state index contributed by atoms with van der Waals surface area (Å²) < 4.78 is 36.9. The molecule has 29 heavy (non-hydrogen) atoms. The van der Waals surface area contributed by atoms with Gasteiger partial charge in [0.25, 0.3) is 5.91 Å². The molecule has 3 heterocycles. The van der Waals surface area contributed by atoms with Crippen LogP contribution < -0.4 is 4.31 Å². The Balaban J connectivity index is 1.46. The average Bonchev–Trinajstić information content (AvgIpc) is 3.34. The number of ether oxygens (including phenoxy) is 1. The van der Waals surface area contributed by atoms with Crippen molar-refractivity contribution < 1.29 is 22.4 Å². The topological polar surface area (TPSA) is 106 Å². The fraction of sp³-hybridized carbons (Fsp3) is 0.526. The zero-order valence-corrected chi connectivity index (χ0v) is 17.3. The summed E-state index contributed by atoms with van der Waals surface area (Å²) >= 11 is 0. The van der Waals surface area contributed by atoms with Crippen molar-refractivity contribution in [3.05, 3.63) is 41.6 Å². The van der Waals surface area contributed by atoms with Crippen LogP contribution in [-0.4, -0.2) is 61.4 Å². The largest absolute Gasteiger partial charge is 0.422 e. The second-order valence-electron chi connectivity index (χ2n) is 7.53. The number of morpholine rings is 1. The molecule has 1 amide bonds. The molecule has 2 saturated heterocycles. The summed E-state index contributed by atoms with van der Waals surface area (Å²) in [6, 6.07) is 6.70. The monoisotopic (exact) mass is 420 g/mol. The molecule has 2 aliphatic heterocycles. The average molecular weight is 420 g/mol.